The Bertz CT molecular complexity index is 680. The monoisotopic (exact) mass is 357 g/mol. The summed E-state index contributed by atoms with van der Waals surface area (Å²) < 4.78 is 16.0. The Morgan fingerprint density at radius 3 is 3.00 bits per heavy atom. The first kappa shape index (κ1) is 17.3. The van der Waals surface area contributed by atoms with Crippen LogP contribution in [0.4, 0.5) is 0 Å². The molecule has 0 spiro atoms. The van der Waals surface area contributed by atoms with Crippen LogP contribution in [-0.2, 0) is 6.54 Å². The number of thiazole rings is 1. The summed E-state index contributed by atoms with van der Waals surface area (Å²) in [4.78, 5) is 16.0. The molecule has 1 aliphatic heterocycles. The lowest BCUT2D eigenvalue weighted by atomic mass is 10.3. The van der Waals surface area contributed by atoms with Crippen molar-refractivity contribution in [3.63, 3.8) is 0 Å². The van der Waals surface area contributed by atoms with E-state index in [-0.39, 0.29) is 25.1 Å². The van der Waals surface area contributed by atoms with Crippen molar-refractivity contribution in [1.29, 1.82) is 0 Å². The van der Waals surface area contributed by atoms with E-state index in [1.807, 2.05) is 0 Å². The highest BCUT2D eigenvalue weighted by Crippen LogP contribution is 2.34. The van der Waals surface area contributed by atoms with Crippen LogP contribution in [0.5, 0.6) is 17.2 Å². The van der Waals surface area contributed by atoms with Gasteiger partial charge in [-0.1, -0.05) is 0 Å². The van der Waals surface area contributed by atoms with Crippen molar-refractivity contribution in [2.75, 3.05) is 19.9 Å². The van der Waals surface area contributed by atoms with E-state index < -0.39 is 0 Å². The molecule has 0 saturated heterocycles. The average molecular weight is 358 g/mol. The number of halogens is 1. The van der Waals surface area contributed by atoms with Gasteiger partial charge in [0.05, 0.1) is 6.54 Å². The summed E-state index contributed by atoms with van der Waals surface area (Å²) >= 11 is 1.37. The Morgan fingerprint density at radius 1 is 1.39 bits per heavy atom. The normalized spacial score (nSPS) is 11.7. The van der Waals surface area contributed by atoms with Crippen molar-refractivity contribution in [2.24, 2.45) is 5.73 Å². The highest BCUT2D eigenvalue weighted by molar-refractivity contribution is 7.09. The van der Waals surface area contributed by atoms with Crippen LogP contribution in [-0.4, -0.2) is 30.8 Å². The van der Waals surface area contributed by atoms with Crippen molar-refractivity contribution in [3.05, 3.63) is 34.3 Å². The van der Waals surface area contributed by atoms with E-state index in [9.17, 15) is 4.79 Å². The maximum atomic E-state index is 11.8. The zero-order valence-corrected chi connectivity index (χ0v) is 13.7. The second kappa shape index (κ2) is 8.00. The maximum Gasteiger partial charge on any atom is 0.270 e. The Balaban J connectivity index is 0.00000192. The number of aromatic nitrogens is 1. The Kier molecular flexibility index (Phi) is 6.03. The van der Waals surface area contributed by atoms with Crippen LogP contribution in [0.3, 0.4) is 0 Å². The lowest BCUT2D eigenvalue weighted by Gasteiger charge is -2.07. The number of amides is 1. The largest absolute Gasteiger partial charge is 0.492 e. The molecule has 1 amide bonds. The van der Waals surface area contributed by atoms with Crippen LogP contribution in [0.2, 0.25) is 0 Å². The lowest BCUT2D eigenvalue weighted by molar-refractivity contribution is 0.0942. The van der Waals surface area contributed by atoms with Gasteiger partial charge in [0.25, 0.3) is 5.91 Å². The second-order valence-corrected chi connectivity index (χ2v) is 5.39. The lowest BCUT2D eigenvalue weighted by Crippen LogP contribution is -2.28. The number of nitrogens with one attached hydrogen (secondary N) is 1. The van der Waals surface area contributed by atoms with Gasteiger partial charge in [0.15, 0.2) is 11.5 Å². The minimum absolute atomic E-state index is 0. The number of benzene rings is 1. The molecule has 0 fully saturated rings. The fourth-order valence-electron chi connectivity index (χ4n) is 1.90. The van der Waals surface area contributed by atoms with Gasteiger partial charge in [0.2, 0.25) is 6.79 Å². The zero-order chi connectivity index (χ0) is 15.4. The number of hydrogen-bond donors (Lipinski definition) is 2. The number of fused-ring (bicyclic) bond motifs is 1. The number of nitrogens with zero attached hydrogens (tertiary/aromatic N) is 1. The zero-order valence-electron chi connectivity index (χ0n) is 12.1. The number of carbonyl (C=O) groups excluding carboxylic acids is 1. The van der Waals surface area contributed by atoms with Crippen molar-refractivity contribution >= 4 is 29.7 Å². The summed E-state index contributed by atoms with van der Waals surface area (Å²) in [5.74, 6) is 1.81. The predicted molar refractivity (Wildman–Crippen MR) is 87.6 cm³/mol. The topological polar surface area (TPSA) is 95.7 Å². The molecular weight excluding hydrogens is 342 g/mol. The molecule has 7 nitrogen and oxygen atoms in total. The molecule has 0 saturated carbocycles. The van der Waals surface area contributed by atoms with Crippen LogP contribution in [0.15, 0.2) is 23.6 Å². The van der Waals surface area contributed by atoms with E-state index in [1.54, 1.807) is 23.6 Å². The number of hydrogen-bond acceptors (Lipinski definition) is 7. The van der Waals surface area contributed by atoms with E-state index >= 15 is 0 Å². The summed E-state index contributed by atoms with van der Waals surface area (Å²) in [6.07, 6.45) is 0. The molecule has 2 heterocycles. The van der Waals surface area contributed by atoms with Gasteiger partial charge in [-0.25, -0.2) is 4.98 Å². The molecule has 3 N–H and O–H groups in total. The van der Waals surface area contributed by atoms with E-state index in [2.05, 4.69) is 10.3 Å². The van der Waals surface area contributed by atoms with Gasteiger partial charge < -0.3 is 25.3 Å². The summed E-state index contributed by atoms with van der Waals surface area (Å²) in [6.45, 7) is 1.29. The predicted octanol–water partition coefficient (Wildman–Crippen LogP) is 1.56. The Hall–Kier alpha value is -2.03. The quantitative estimate of drug-likeness (QED) is 0.762. The molecule has 1 aliphatic rings. The highest BCUT2D eigenvalue weighted by Gasteiger charge is 2.14. The molecule has 1 aromatic heterocycles. The molecule has 0 atom stereocenters. The molecule has 0 unspecified atom stereocenters. The summed E-state index contributed by atoms with van der Waals surface area (Å²) in [5, 5.41) is 5.17. The van der Waals surface area contributed by atoms with Gasteiger partial charge >= 0.3 is 0 Å². The number of nitrogens with two attached hydrogens (primary N) is 1. The van der Waals surface area contributed by atoms with Crippen LogP contribution >= 0.6 is 23.7 Å². The molecule has 3 rings (SSSR count). The van der Waals surface area contributed by atoms with Crippen LogP contribution in [0, 0.1) is 0 Å². The van der Waals surface area contributed by atoms with E-state index in [4.69, 9.17) is 19.9 Å². The van der Waals surface area contributed by atoms with Crippen molar-refractivity contribution in [2.45, 2.75) is 6.54 Å². The molecule has 124 valence electrons. The SMILES string of the molecule is Cl.NCc1nc(C(=O)NCCOc2ccc3c(c2)OCO3)cs1. The first-order chi connectivity index (χ1) is 10.8. The van der Waals surface area contributed by atoms with E-state index in [1.165, 1.54) is 11.3 Å². The Labute approximate surface area is 143 Å². The first-order valence-electron chi connectivity index (χ1n) is 6.71. The highest BCUT2D eigenvalue weighted by atomic mass is 35.5. The number of ether oxygens (including phenoxy) is 3. The average Bonchev–Trinajstić information content (AvgIpc) is 3.19. The Morgan fingerprint density at radius 2 is 2.22 bits per heavy atom. The van der Waals surface area contributed by atoms with Gasteiger partial charge in [-0.15, -0.1) is 23.7 Å². The number of carbonyl (C=O) groups is 1. The third-order valence-corrected chi connectivity index (χ3v) is 3.83. The van der Waals surface area contributed by atoms with Gasteiger partial charge in [0, 0.05) is 18.0 Å². The van der Waals surface area contributed by atoms with Gasteiger partial charge in [-0.05, 0) is 12.1 Å². The van der Waals surface area contributed by atoms with Crippen molar-refractivity contribution in [3.8, 4) is 17.2 Å². The molecular formula is C14H16ClN3O4S. The fraction of sp³-hybridized carbons (Fsp3) is 0.286. The minimum Gasteiger partial charge on any atom is -0.492 e. The van der Waals surface area contributed by atoms with E-state index in [0.717, 1.165) is 5.01 Å². The summed E-state index contributed by atoms with van der Waals surface area (Å²) in [6, 6.07) is 5.35. The molecule has 9 heteroatoms. The molecule has 2 aromatic rings. The molecule has 1 aromatic carbocycles. The smallest absolute Gasteiger partial charge is 0.270 e. The van der Waals surface area contributed by atoms with Crippen LogP contribution in [0.1, 0.15) is 15.5 Å². The van der Waals surface area contributed by atoms with Crippen LogP contribution in [0.25, 0.3) is 0 Å². The van der Waals surface area contributed by atoms with Crippen LogP contribution < -0.4 is 25.3 Å². The van der Waals surface area contributed by atoms with Gasteiger partial charge in [-0.2, -0.15) is 0 Å². The van der Waals surface area contributed by atoms with E-state index in [0.29, 0.717) is 42.6 Å². The summed E-state index contributed by atoms with van der Waals surface area (Å²) in [5.41, 5.74) is 5.85. The van der Waals surface area contributed by atoms with Crippen molar-refractivity contribution < 1.29 is 19.0 Å². The van der Waals surface area contributed by atoms with Gasteiger partial charge in [-0.3, -0.25) is 4.79 Å². The molecule has 0 aliphatic carbocycles. The molecule has 0 radical (unpaired) electrons. The van der Waals surface area contributed by atoms with Gasteiger partial charge in [0.1, 0.15) is 23.1 Å². The second-order valence-electron chi connectivity index (χ2n) is 4.45. The minimum atomic E-state index is -0.231. The third-order valence-electron chi connectivity index (χ3n) is 2.96. The first-order valence-corrected chi connectivity index (χ1v) is 7.59. The fourth-order valence-corrected chi connectivity index (χ4v) is 2.55. The summed E-state index contributed by atoms with van der Waals surface area (Å²) in [7, 11) is 0. The number of rotatable bonds is 6. The van der Waals surface area contributed by atoms with Crippen molar-refractivity contribution in [1.82, 2.24) is 10.3 Å². The third kappa shape index (κ3) is 4.25. The molecule has 23 heavy (non-hydrogen) atoms. The molecule has 0 bridgehead atoms. The standard InChI is InChI=1S/C14H15N3O4S.ClH/c15-6-13-17-10(7-22-13)14(18)16-3-4-19-9-1-2-11-12(5-9)21-8-20-11;/h1-2,5,7H,3-4,6,8,15H2,(H,16,18);1H. The maximum absolute atomic E-state index is 11.8.